The molecule has 0 aliphatic carbocycles. The van der Waals surface area contributed by atoms with Crippen LogP contribution in [0.5, 0.6) is 0 Å². The lowest BCUT2D eigenvalue weighted by Crippen LogP contribution is -2.27. The molecule has 0 spiro atoms. The highest BCUT2D eigenvalue weighted by molar-refractivity contribution is 7.89. The number of rotatable bonds is 6. The average Bonchev–Trinajstić information content (AvgIpc) is 2.91. The fourth-order valence-corrected chi connectivity index (χ4v) is 2.83. The molecule has 10 heteroatoms. The van der Waals surface area contributed by atoms with Crippen molar-refractivity contribution >= 4 is 21.4 Å². The zero-order chi connectivity index (χ0) is 15.5. The molecule has 1 heterocycles. The lowest BCUT2D eigenvalue weighted by molar-refractivity contribution is -0.384. The second-order valence-electron chi connectivity index (χ2n) is 4.18. The summed E-state index contributed by atoms with van der Waals surface area (Å²) in [6, 6.07) is 3.23. The Morgan fingerprint density at radius 2 is 2.19 bits per heavy atom. The van der Waals surface area contributed by atoms with Crippen LogP contribution in [0.2, 0.25) is 0 Å². The fraction of sp³-hybridized carbons (Fsp3) is 0.182. The number of nitrogens with two attached hydrogens (primary N) is 1. The second kappa shape index (κ2) is 5.89. The zero-order valence-corrected chi connectivity index (χ0v) is 11.7. The Bertz CT molecular complexity index is 742. The first-order valence-corrected chi connectivity index (χ1v) is 7.38. The first-order chi connectivity index (χ1) is 9.90. The molecule has 1 aromatic heterocycles. The van der Waals surface area contributed by atoms with Gasteiger partial charge in [0.25, 0.3) is 5.69 Å². The first-order valence-electron chi connectivity index (χ1n) is 5.89. The van der Waals surface area contributed by atoms with E-state index in [0.29, 0.717) is 6.54 Å². The Kier molecular flexibility index (Phi) is 4.19. The number of nitrogen functional groups attached to an aromatic ring is 1. The SMILES string of the molecule is Nc1cc([N+](=O)[O-])ccc1S(=O)(=O)NCCn1ccnc1. The molecule has 0 saturated heterocycles. The van der Waals surface area contributed by atoms with Gasteiger partial charge >= 0.3 is 0 Å². The molecule has 112 valence electrons. The Morgan fingerprint density at radius 3 is 2.76 bits per heavy atom. The van der Waals surface area contributed by atoms with E-state index in [4.69, 9.17) is 5.73 Å². The largest absolute Gasteiger partial charge is 0.397 e. The standard InChI is InChI=1S/C11H13N5O4S/c12-10-7-9(16(17)18)1-2-11(10)21(19,20)14-4-6-15-5-3-13-8-15/h1-3,5,7-8,14H,4,6,12H2. The molecule has 0 amide bonds. The number of benzene rings is 1. The lowest BCUT2D eigenvalue weighted by Gasteiger charge is -2.09. The molecule has 0 bridgehead atoms. The van der Waals surface area contributed by atoms with Crippen molar-refractivity contribution in [1.82, 2.24) is 14.3 Å². The van der Waals surface area contributed by atoms with Crippen LogP contribution in [0.1, 0.15) is 0 Å². The Morgan fingerprint density at radius 1 is 1.43 bits per heavy atom. The van der Waals surface area contributed by atoms with Gasteiger partial charge in [-0.3, -0.25) is 10.1 Å². The predicted molar refractivity (Wildman–Crippen MR) is 74.9 cm³/mol. The maximum Gasteiger partial charge on any atom is 0.271 e. The lowest BCUT2D eigenvalue weighted by atomic mass is 10.3. The third-order valence-electron chi connectivity index (χ3n) is 2.71. The highest BCUT2D eigenvalue weighted by atomic mass is 32.2. The summed E-state index contributed by atoms with van der Waals surface area (Å²) in [5, 5.41) is 10.6. The van der Waals surface area contributed by atoms with Gasteiger partial charge in [-0.2, -0.15) is 0 Å². The van der Waals surface area contributed by atoms with Crippen LogP contribution in [0.4, 0.5) is 11.4 Å². The van der Waals surface area contributed by atoms with Crippen molar-refractivity contribution in [2.45, 2.75) is 11.4 Å². The zero-order valence-electron chi connectivity index (χ0n) is 10.8. The number of imidazole rings is 1. The van der Waals surface area contributed by atoms with Crippen LogP contribution in [0.3, 0.4) is 0 Å². The highest BCUT2D eigenvalue weighted by Crippen LogP contribution is 2.23. The van der Waals surface area contributed by atoms with Crippen LogP contribution in [-0.4, -0.2) is 29.4 Å². The molecule has 1 aromatic carbocycles. The van der Waals surface area contributed by atoms with E-state index in [9.17, 15) is 18.5 Å². The van der Waals surface area contributed by atoms with E-state index in [-0.39, 0.29) is 22.8 Å². The Balaban J connectivity index is 2.10. The molecule has 0 unspecified atom stereocenters. The van der Waals surface area contributed by atoms with Crippen LogP contribution in [0.25, 0.3) is 0 Å². The summed E-state index contributed by atoms with van der Waals surface area (Å²) in [5.41, 5.74) is 5.15. The van der Waals surface area contributed by atoms with E-state index in [1.165, 1.54) is 0 Å². The monoisotopic (exact) mass is 311 g/mol. The Hall–Kier alpha value is -2.46. The minimum absolute atomic E-state index is 0.148. The van der Waals surface area contributed by atoms with E-state index >= 15 is 0 Å². The molecule has 2 rings (SSSR count). The van der Waals surface area contributed by atoms with Crippen LogP contribution in [0, 0.1) is 10.1 Å². The number of nitrogens with zero attached hydrogens (tertiary/aromatic N) is 3. The number of nitro benzene ring substituents is 1. The summed E-state index contributed by atoms with van der Waals surface area (Å²) < 4.78 is 28.2. The summed E-state index contributed by atoms with van der Waals surface area (Å²) in [6.45, 7) is 0.557. The number of hydrogen-bond acceptors (Lipinski definition) is 6. The van der Waals surface area contributed by atoms with Crippen molar-refractivity contribution < 1.29 is 13.3 Å². The number of nitro groups is 1. The van der Waals surface area contributed by atoms with E-state index in [1.807, 2.05) is 0 Å². The van der Waals surface area contributed by atoms with Gasteiger partial charge in [-0.1, -0.05) is 0 Å². The van der Waals surface area contributed by atoms with E-state index < -0.39 is 14.9 Å². The molecular formula is C11H13N5O4S. The normalized spacial score (nSPS) is 11.4. The quantitative estimate of drug-likeness (QED) is 0.449. The van der Waals surface area contributed by atoms with Crippen LogP contribution in [-0.2, 0) is 16.6 Å². The van der Waals surface area contributed by atoms with Gasteiger partial charge in [-0.15, -0.1) is 0 Å². The van der Waals surface area contributed by atoms with Gasteiger partial charge in [0.05, 0.1) is 16.9 Å². The number of hydrogen-bond donors (Lipinski definition) is 2. The number of non-ortho nitro benzene ring substituents is 1. The average molecular weight is 311 g/mol. The third-order valence-corrected chi connectivity index (χ3v) is 4.25. The van der Waals surface area contributed by atoms with Crippen LogP contribution >= 0.6 is 0 Å². The topological polar surface area (TPSA) is 133 Å². The van der Waals surface area contributed by atoms with Crippen molar-refractivity contribution in [3.63, 3.8) is 0 Å². The van der Waals surface area contributed by atoms with Gasteiger partial charge in [-0.05, 0) is 6.07 Å². The van der Waals surface area contributed by atoms with Gasteiger partial charge in [0.2, 0.25) is 10.0 Å². The molecule has 2 aromatic rings. The molecule has 0 fully saturated rings. The predicted octanol–water partition coefficient (Wildman–Crippen LogP) is 0.352. The summed E-state index contributed by atoms with van der Waals surface area (Å²) in [7, 11) is -3.82. The molecule has 0 aliphatic rings. The van der Waals surface area contributed by atoms with E-state index in [0.717, 1.165) is 18.2 Å². The van der Waals surface area contributed by atoms with Crippen molar-refractivity contribution in [2.24, 2.45) is 0 Å². The molecule has 9 nitrogen and oxygen atoms in total. The number of anilines is 1. The van der Waals surface area contributed by atoms with Gasteiger partial charge in [0.15, 0.2) is 0 Å². The minimum Gasteiger partial charge on any atom is -0.397 e. The molecule has 0 aliphatic heterocycles. The summed E-state index contributed by atoms with van der Waals surface area (Å²) in [5.74, 6) is 0. The number of aromatic nitrogens is 2. The molecule has 0 saturated carbocycles. The molecule has 0 radical (unpaired) electrons. The number of nitrogens with one attached hydrogen (secondary N) is 1. The van der Waals surface area contributed by atoms with Crippen molar-refractivity contribution in [3.8, 4) is 0 Å². The van der Waals surface area contributed by atoms with Crippen molar-refractivity contribution in [2.75, 3.05) is 12.3 Å². The van der Waals surface area contributed by atoms with Crippen molar-refractivity contribution in [1.29, 1.82) is 0 Å². The highest BCUT2D eigenvalue weighted by Gasteiger charge is 2.19. The van der Waals surface area contributed by atoms with E-state index in [2.05, 4.69) is 9.71 Å². The fourth-order valence-electron chi connectivity index (χ4n) is 1.70. The van der Waals surface area contributed by atoms with Gasteiger partial charge in [0.1, 0.15) is 4.90 Å². The smallest absolute Gasteiger partial charge is 0.271 e. The minimum atomic E-state index is -3.82. The summed E-state index contributed by atoms with van der Waals surface area (Å²) in [4.78, 5) is 13.6. The van der Waals surface area contributed by atoms with E-state index in [1.54, 1.807) is 23.3 Å². The van der Waals surface area contributed by atoms with Crippen LogP contribution in [0.15, 0.2) is 41.8 Å². The van der Waals surface area contributed by atoms with Crippen LogP contribution < -0.4 is 10.5 Å². The van der Waals surface area contributed by atoms with Gasteiger partial charge in [-0.25, -0.2) is 18.1 Å². The molecule has 21 heavy (non-hydrogen) atoms. The molecular weight excluding hydrogens is 298 g/mol. The number of sulfonamides is 1. The van der Waals surface area contributed by atoms with Gasteiger partial charge in [0, 0.05) is 37.6 Å². The van der Waals surface area contributed by atoms with Crippen molar-refractivity contribution in [3.05, 3.63) is 47.0 Å². The molecule has 3 N–H and O–H groups in total. The first kappa shape index (κ1) is 14.9. The summed E-state index contributed by atoms with van der Waals surface area (Å²) >= 11 is 0. The third kappa shape index (κ3) is 3.55. The maximum absolute atomic E-state index is 12.1. The summed E-state index contributed by atoms with van der Waals surface area (Å²) in [6.07, 6.45) is 4.85. The second-order valence-corrected chi connectivity index (χ2v) is 5.91. The Labute approximate surface area is 120 Å². The van der Waals surface area contributed by atoms with Gasteiger partial charge < -0.3 is 10.3 Å². The maximum atomic E-state index is 12.1. The molecule has 0 atom stereocenters.